The molecule has 0 N–H and O–H groups in total. The summed E-state index contributed by atoms with van der Waals surface area (Å²) in [5.41, 5.74) is -4.67. The summed E-state index contributed by atoms with van der Waals surface area (Å²) in [6.07, 6.45) is -15.0. The molecule has 10 heteroatoms. The number of hydrogen-bond donors (Lipinski definition) is 0. The van der Waals surface area contributed by atoms with Crippen molar-refractivity contribution in [3.8, 4) is 0 Å². The molecule has 0 aromatic heterocycles. The van der Waals surface area contributed by atoms with Gasteiger partial charge in [0.15, 0.2) is 0 Å². The molecule has 0 aliphatic rings. The Morgan fingerprint density at radius 2 is 1.59 bits per heavy atom. The third-order valence-corrected chi connectivity index (χ3v) is 2.57. The van der Waals surface area contributed by atoms with Gasteiger partial charge in [-0.2, -0.15) is 26.3 Å². The van der Waals surface area contributed by atoms with E-state index >= 15 is 0 Å². The summed E-state index contributed by atoms with van der Waals surface area (Å²) in [6.45, 7) is 4.04. The number of halogens is 6. The molecule has 0 radical (unpaired) electrons. The van der Waals surface area contributed by atoms with Crippen LogP contribution in [0.15, 0.2) is 12.2 Å². The smallest absolute Gasteiger partial charge is 0.426 e. The van der Waals surface area contributed by atoms with Gasteiger partial charge in [-0.1, -0.05) is 6.58 Å². The number of carbonyl (C=O) groups is 1. The van der Waals surface area contributed by atoms with Gasteiger partial charge in [-0.3, -0.25) is 0 Å². The summed E-state index contributed by atoms with van der Waals surface area (Å²) in [4.78, 5) is 11.2. The van der Waals surface area contributed by atoms with Crippen LogP contribution in [0.3, 0.4) is 0 Å². The van der Waals surface area contributed by atoms with Crippen molar-refractivity contribution in [1.82, 2.24) is 0 Å². The van der Waals surface area contributed by atoms with Gasteiger partial charge in [-0.15, -0.1) is 0 Å². The van der Waals surface area contributed by atoms with E-state index in [-0.39, 0.29) is 5.57 Å². The van der Waals surface area contributed by atoms with Gasteiger partial charge < -0.3 is 14.2 Å². The first kappa shape index (κ1) is 20.7. The van der Waals surface area contributed by atoms with Crippen LogP contribution in [0.4, 0.5) is 26.3 Å². The molecule has 0 bridgehead atoms. The summed E-state index contributed by atoms with van der Waals surface area (Å²) in [7, 11) is 0.877. The molecular formula is C12H16F6O4. The third-order valence-electron chi connectivity index (χ3n) is 2.57. The Balaban J connectivity index is 5.48. The topological polar surface area (TPSA) is 44.8 Å². The van der Waals surface area contributed by atoms with Crippen molar-refractivity contribution in [3.05, 3.63) is 12.2 Å². The second-order valence-electron chi connectivity index (χ2n) is 4.57. The lowest BCUT2D eigenvalue weighted by atomic mass is 9.94. The third kappa shape index (κ3) is 4.87. The van der Waals surface area contributed by atoms with E-state index in [1.165, 1.54) is 6.92 Å². The van der Waals surface area contributed by atoms with Crippen LogP contribution in [0.25, 0.3) is 0 Å². The monoisotopic (exact) mass is 338 g/mol. The van der Waals surface area contributed by atoms with Crippen molar-refractivity contribution >= 4 is 5.97 Å². The average Bonchev–Trinajstić information content (AvgIpc) is 2.30. The fraction of sp³-hybridized carbons (Fsp3) is 0.750. The predicted molar refractivity (Wildman–Crippen MR) is 62.8 cm³/mol. The summed E-state index contributed by atoms with van der Waals surface area (Å²) in [5, 5.41) is 0. The van der Waals surface area contributed by atoms with Crippen molar-refractivity contribution in [2.45, 2.75) is 44.3 Å². The average molecular weight is 338 g/mol. The highest BCUT2D eigenvalue weighted by Crippen LogP contribution is 2.49. The molecule has 22 heavy (non-hydrogen) atoms. The highest BCUT2D eigenvalue weighted by Gasteiger charge is 2.72. The Morgan fingerprint density at radius 1 is 1.14 bits per heavy atom. The maximum atomic E-state index is 13.0. The van der Waals surface area contributed by atoms with Crippen LogP contribution >= 0.6 is 0 Å². The van der Waals surface area contributed by atoms with Crippen molar-refractivity contribution in [1.29, 1.82) is 0 Å². The molecule has 0 saturated heterocycles. The lowest BCUT2D eigenvalue weighted by Gasteiger charge is -2.38. The summed E-state index contributed by atoms with van der Waals surface area (Å²) in [6, 6.07) is 0. The molecule has 0 rings (SSSR count). The van der Waals surface area contributed by atoms with E-state index in [0.29, 0.717) is 0 Å². The van der Waals surface area contributed by atoms with E-state index in [4.69, 9.17) is 0 Å². The van der Waals surface area contributed by atoms with E-state index in [2.05, 4.69) is 20.8 Å². The number of rotatable bonds is 7. The first-order valence-corrected chi connectivity index (χ1v) is 5.91. The zero-order valence-electron chi connectivity index (χ0n) is 12.1. The Morgan fingerprint density at radius 3 is 1.91 bits per heavy atom. The van der Waals surface area contributed by atoms with Gasteiger partial charge in [0.2, 0.25) is 0 Å². The Kier molecular flexibility index (Phi) is 6.89. The fourth-order valence-electron chi connectivity index (χ4n) is 1.50. The van der Waals surface area contributed by atoms with Crippen LogP contribution in [0.2, 0.25) is 0 Å². The van der Waals surface area contributed by atoms with Gasteiger partial charge in [0.1, 0.15) is 12.9 Å². The molecule has 0 spiro atoms. The highest BCUT2D eigenvalue weighted by molar-refractivity contribution is 5.87. The van der Waals surface area contributed by atoms with Crippen LogP contribution in [0, 0.1) is 0 Å². The molecule has 0 heterocycles. The van der Waals surface area contributed by atoms with Crippen LogP contribution < -0.4 is 0 Å². The molecule has 0 aromatic carbocycles. The number of hydrogen-bond acceptors (Lipinski definition) is 4. The first-order chi connectivity index (χ1) is 9.78. The Labute approximate surface area is 123 Å². The Bertz CT molecular complexity index is 387. The summed E-state index contributed by atoms with van der Waals surface area (Å²) < 4.78 is 90.5. The number of alkyl halides is 6. The fourth-order valence-corrected chi connectivity index (χ4v) is 1.50. The minimum atomic E-state index is -5.78. The van der Waals surface area contributed by atoms with Crippen molar-refractivity contribution in [2.24, 2.45) is 0 Å². The molecule has 0 aliphatic carbocycles. The van der Waals surface area contributed by atoms with E-state index in [1.807, 2.05) is 0 Å². The van der Waals surface area contributed by atoms with Crippen molar-refractivity contribution < 1.29 is 45.3 Å². The van der Waals surface area contributed by atoms with Crippen LogP contribution in [0.5, 0.6) is 0 Å². The standard InChI is InChI=1S/C12H16F6O4/c1-7(2)9(19)22-8(3)5-10(11(13,14)15,12(16,17)18)21-6-20-4/h8H,1,5-6H2,2-4H3. The SMILES string of the molecule is C=C(C)C(=O)OC(C)CC(OCOC)(C(F)(F)F)C(F)(F)F. The summed E-state index contributed by atoms with van der Waals surface area (Å²) in [5.74, 6) is -1.10. The summed E-state index contributed by atoms with van der Waals surface area (Å²) >= 11 is 0. The largest absolute Gasteiger partial charge is 0.459 e. The molecule has 0 amide bonds. The second kappa shape index (κ2) is 7.32. The van der Waals surface area contributed by atoms with Crippen molar-refractivity contribution in [2.75, 3.05) is 13.9 Å². The maximum Gasteiger partial charge on any atom is 0.426 e. The molecule has 1 atom stereocenters. The molecule has 0 aromatic rings. The normalized spacial score (nSPS) is 14.6. The maximum absolute atomic E-state index is 13.0. The zero-order chi connectivity index (χ0) is 17.8. The lowest BCUT2D eigenvalue weighted by Crippen LogP contribution is -2.60. The number of ether oxygens (including phenoxy) is 3. The first-order valence-electron chi connectivity index (χ1n) is 5.91. The van der Waals surface area contributed by atoms with Gasteiger partial charge in [0.25, 0.3) is 5.60 Å². The lowest BCUT2D eigenvalue weighted by molar-refractivity contribution is -0.397. The molecular weight excluding hydrogens is 322 g/mol. The molecule has 1 unspecified atom stereocenters. The van der Waals surface area contributed by atoms with Gasteiger partial charge in [-0.05, 0) is 13.8 Å². The van der Waals surface area contributed by atoms with Crippen LogP contribution in [0.1, 0.15) is 20.3 Å². The van der Waals surface area contributed by atoms with Gasteiger partial charge in [0, 0.05) is 19.1 Å². The molecule has 0 fully saturated rings. The van der Waals surface area contributed by atoms with Gasteiger partial charge >= 0.3 is 18.3 Å². The zero-order valence-corrected chi connectivity index (χ0v) is 12.1. The molecule has 0 aliphatic heterocycles. The molecule has 0 saturated carbocycles. The minimum absolute atomic E-state index is 0.158. The van der Waals surface area contributed by atoms with E-state index in [0.717, 1.165) is 14.0 Å². The van der Waals surface area contributed by atoms with Gasteiger partial charge in [-0.25, -0.2) is 4.79 Å². The minimum Gasteiger partial charge on any atom is -0.459 e. The van der Waals surface area contributed by atoms with E-state index in [9.17, 15) is 31.1 Å². The Hall–Kier alpha value is -1.29. The van der Waals surface area contributed by atoms with Crippen LogP contribution in [-0.2, 0) is 19.0 Å². The quantitative estimate of drug-likeness (QED) is 0.309. The predicted octanol–water partition coefficient (Wildman–Crippen LogP) is 3.37. The number of methoxy groups -OCH3 is 1. The molecule has 4 nitrogen and oxygen atoms in total. The van der Waals surface area contributed by atoms with Gasteiger partial charge in [0.05, 0.1) is 0 Å². The van der Waals surface area contributed by atoms with E-state index < -0.39 is 43.2 Å². The number of carbonyl (C=O) groups excluding carboxylic acids is 1. The number of esters is 1. The highest BCUT2D eigenvalue weighted by atomic mass is 19.4. The van der Waals surface area contributed by atoms with Crippen molar-refractivity contribution in [3.63, 3.8) is 0 Å². The second-order valence-corrected chi connectivity index (χ2v) is 4.57. The van der Waals surface area contributed by atoms with E-state index in [1.54, 1.807) is 0 Å². The molecule has 130 valence electrons. The van der Waals surface area contributed by atoms with Crippen LogP contribution in [-0.4, -0.2) is 43.9 Å².